The van der Waals surface area contributed by atoms with Crippen LogP contribution in [0.5, 0.6) is 0 Å². The first-order valence-corrected chi connectivity index (χ1v) is 3.88. The van der Waals surface area contributed by atoms with E-state index in [2.05, 4.69) is 23.1 Å². The van der Waals surface area contributed by atoms with E-state index in [9.17, 15) is 0 Å². The van der Waals surface area contributed by atoms with E-state index < -0.39 is 0 Å². The molecule has 0 saturated heterocycles. The van der Waals surface area contributed by atoms with Gasteiger partial charge in [0, 0.05) is 18.9 Å². The second kappa shape index (κ2) is 4.53. The minimum absolute atomic E-state index is 0.605. The quantitative estimate of drug-likeness (QED) is 0.529. The Labute approximate surface area is 73.0 Å². The largest absolute Gasteiger partial charge is 0.302 e. The minimum atomic E-state index is 0.605. The first kappa shape index (κ1) is 8.76. The predicted molar refractivity (Wildman–Crippen MR) is 49.5 cm³/mol. The molecule has 1 aromatic rings. The topological polar surface area (TPSA) is 24.9 Å². The maximum atomic E-state index is 5.10. The van der Waals surface area contributed by atoms with Crippen LogP contribution in [-0.2, 0) is 6.54 Å². The molecule has 1 N–H and O–H groups in total. The molecule has 1 heterocycles. The van der Waals surface area contributed by atoms with Crippen LogP contribution in [0.4, 0.5) is 0 Å². The molecule has 0 aliphatic carbocycles. The van der Waals surface area contributed by atoms with Crippen molar-refractivity contribution in [1.29, 1.82) is 0 Å². The van der Waals surface area contributed by atoms with Crippen LogP contribution >= 0.6 is 0 Å². The van der Waals surface area contributed by atoms with Crippen molar-refractivity contribution in [3.05, 3.63) is 29.6 Å². The summed E-state index contributed by atoms with van der Waals surface area (Å²) < 4.78 is 0. The van der Waals surface area contributed by atoms with Gasteiger partial charge in [0.2, 0.25) is 0 Å². The summed E-state index contributed by atoms with van der Waals surface area (Å²) in [6.07, 6.45) is 8.75. The van der Waals surface area contributed by atoms with Gasteiger partial charge in [0.05, 0.1) is 6.54 Å². The first-order valence-electron chi connectivity index (χ1n) is 3.88. The fourth-order valence-corrected chi connectivity index (χ4v) is 0.951. The van der Waals surface area contributed by atoms with Gasteiger partial charge in [0.15, 0.2) is 0 Å². The number of pyridine rings is 1. The maximum Gasteiger partial charge on any atom is 0.0576 e. The molecule has 0 unspecified atom stereocenters. The van der Waals surface area contributed by atoms with Crippen LogP contribution in [0.1, 0.15) is 11.1 Å². The lowest BCUT2D eigenvalue weighted by Gasteiger charge is -2.03. The number of nitrogens with zero attached hydrogens (tertiary/aromatic N) is 1. The van der Waals surface area contributed by atoms with Gasteiger partial charge in [-0.2, -0.15) is 0 Å². The molecule has 0 radical (unpaired) electrons. The molecule has 2 heteroatoms. The fraction of sp³-hybridized carbons (Fsp3) is 0.300. The van der Waals surface area contributed by atoms with Gasteiger partial charge in [-0.15, -0.1) is 6.42 Å². The second-order valence-corrected chi connectivity index (χ2v) is 2.61. The standard InChI is InChI=1S/C10H12N2/c1-3-5-11-7-10-8-12-6-4-9(10)2/h1,4,6,8,11H,5,7H2,2H3. The van der Waals surface area contributed by atoms with Crippen LogP contribution in [0.15, 0.2) is 18.5 Å². The first-order chi connectivity index (χ1) is 5.84. The van der Waals surface area contributed by atoms with Crippen LogP contribution in [0.2, 0.25) is 0 Å². The number of terminal acetylenes is 1. The Balaban J connectivity index is 2.53. The lowest BCUT2D eigenvalue weighted by atomic mass is 10.2. The number of nitrogens with one attached hydrogen (secondary N) is 1. The smallest absolute Gasteiger partial charge is 0.0576 e. The molecule has 0 atom stereocenters. The lowest BCUT2D eigenvalue weighted by Crippen LogP contribution is -2.13. The van der Waals surface area contributed by atoms with Crippen molar-refractivity contribution in [1.82, 2.24) is 10.3 Å². The monoisotopic (exact) mass is 160 g/mol. The van der Waals surface area contributed by atoms with E-state index in [0.29, 0.717) is 6.54 Å². The van der Waals surface area contributed by atoms with Gasteiger partial charge >= 0.3 is 0 Å². The Bertz CT molecular complexity index is 286. The number of hydrogen-bond acceptors (Lipinski definition) is 2. The van der Waals surface area contributed by atoms with E-state index in [1.165, 1.54) is 11.1 Å². The van der Waals surface area contributed by atoms with E-state index in [4.69, 9.17) is 6.42 Å². The molecule has 0 amide bonds. The predicted octanol–water partition coefficient (Wildman–Crippen LogP) is 1.11. The Morgan fingerprint density at radius 1 is 1.67 bits per heavy atom. The summed E-state index contributed by atoms with van der Waals surface area (Å²) >= 11 is 0. The van der Waals surface area contributed by atoms with Gasteiger partial charge in [0.1, 0.15) is 0 Å². The molecular weight excluding hydrogens is 148 g/mol. The second-order valence-electron chi connectivity index (χ2n) is 2.61. The van der Waals surface area contributed by atoms with E-state index in [1.807, 2.05) is 12.3 Å². The zero-order valence-corrected chi connectivity index (χ0v) is 7.17. The van der Waals surface area contributed by atoms with Gasteiger partial charge in [-0.05, 0) is 24.1 Å². The van der Waals surface area contributed by atoms with E-state index in [0.717, 1.165) is 6.54 Å². The molecule has 0 bridgehead atoms. The molecule has 2 nitrogen and oxygen atoms in total. The molecular formula is C10H12N2. The van der Waals surface area contributed by atoms with Gasteiger partial charge in [-0.1, -0.05) is 5.92 Å². The van der Waals surface area contributed by atoms with E-state index >= 15 is 0 Å². The average Bonchev–Trinajstić information content (AvgIpc) is 2.09. The summed E-state index contributed by atoms with van der Waals surface area (Å²) in [7, 11) is 0. The summed E-state index contributed by atoms with van der Waals surface area (Å²) in [4.78, 5) is 4.03. The van der Waals surface area contributed by atoms with Crippen molar-refractivity contribution in [2.24, 2.45) is 0 Å². The normalized spacial score (nSPS) is 9.33. The summed E-state index contributed by atoms with van der Waals surface area (Å²) in [5.41, 5.74) is 2.45. The number of aryl methyl sites for hydroxylation is 1. The van der Waals surface area contributed by atoms with Crippen molar-refractivity contribution in [3.8, 4) is 12.3 Å². The van der Waals surface area contributed by atoms with Crippen molar-refractivity contribution in [2.45, 2.75) is 13.5 Å². The van der Waals surface area contributed by atoms with Gasteiger partial charge in [-0.25, -0.2) is 0 Å². The number of aromatic nitrogens is 1. The zero-order chi connectivity index (χ0) is 8.81. The molecule has 1 rings (SSSR count). The van der Waals surface area contributed by atoms with Gasteiger partial charge in [-0.3, -0.25) is 4.98 Å². The molecule has 0 fully saturated rings. The molecule has 0 aliphatic heterocycles. The average molecular weight is 160 g/mol. The summed E-state index contributed by atoms with van der Waals surface area (Å²) in [6, 6.07) is 1.99. The molecule has 1 aromatic heterocycles. The molecule has 0 spiro atoms. The molecule has 0 aromatic carbocycles. The van der Waals surface area contributed by atoms with Crippen LogP contribution < -0.4 is 5.32 Å². The van der Waals surface area contributed by atoms with Gasteiger partial charge < -0.3 is 5.32 Å². The van der Waals surface area contributed by atoms with Crippen LogP contribution in [0.25, 0.3) is 0 Å². The molecule has 0 aliphatic rings. The van der Waals surface area contributed by atoms with Crippen molar-refractivity contribution in [3.63, 3.8) is 0 Å². The van der Waals surface area contributed by atoms with Crippen molar-refractivity contribution >= 4 is 0 Å². The molecule has 0 saturated carbocycles. The summed E-state index contributed by atoms with van der Waals surface area (Å²) in [5, 5.41) is 3.12. The number of hydrogen-bond donors (Lipinski definition) is 1. The Kier molecular flexibility index (Phi) is 3.31. The zero-order valence-electron chi connectivity index (χ0n) is 7.17. The molecule has 12 heavy (non-hydrogen) atoms. The van der Waals surface area contributed by atoms with Crippen LogP contribution in [0, 0.1) is 19.3 Å². The third kappa shape index (κ3) is 2.37. The van der Waals surface area contributed by atoms with Gasteiger partial charge in [0.25, 0.3) is 0 Å². The fourth-order valence-electron chi connectivity index (χ4n) is 0.951. The van der Waals surface area contributed by atoms with Crippen molar-refractivity contribution in [2.75, 3.05) is 6.54 Å². The highest BCUT2D eigenvalue weighted by Gasteiger charge is 1.94. The highest BCUT2D eigenvalue weighted by atomic mass is 14.8. The van der Waals surface area contributed by atoms with Crippen LogP contribution in [0.3, 0.4) is 0 Å². The SMILES string of the molecule is C#CCNCc1cnccc1C. The molecule has 62 valence electrons. The van der Waals surface area contributed by atoms with Crippen molar-refractivity contribution < 1.29 is 0 Å². The summed E-state index contributed by atoms with van der Waals surface area (Å²) in [5.74, 6) is 2.53. The third-order valence-corrected chi connectivity index (χ3v) is 1.69. The number of rotatable bonds is 3. The Hall–Kier alpha value is -1.33. The van der Waals surface area contributed by atoms with Crippen LogP contribution in [-0.4, -0.2) is 11.5 Å². The van der Waals surface area contributed by atoms with E-state index in [1.54, 1.807) is 6.20 Å². The van der Waals surface area contributed by atoms with E-state index in [-0.39, 0.29) is 0 Å². The highest BCUT2D eigenvalue weighted by Crippen LogP contribution is 2.03. The third-order valence-electron chi connectivity index (χ3n) is 1.69. The lowest BCUT2D eigenvalue weighted by molar-refractivity contribution is 0.762. The Morgan fingerprint density at radius 3 is 3.17 bits per heavy atom. The minimum Gasteiger partial charge on any atom is -0.302 e. The Morgan fingerprint density at radius 2 is 2.50 bits per heavy atom. The highest BCUT2D eigenvalue weighted by molar-refractivity contribution is 5.21. The summed E-state index contributed by atoms with van der Waals surface area (Å²) in [6.45, 7) is 3.47. The maximum absolute atomic E-state index is 5.10.